The van der Waals surface area contributed by atoms with Gasteiger partial charge in [0.05, 0.1) is 13.2 Å². The topological polar surface area (TPSA) is 49.8 Å². The van der Waals surface area contributed by atoms with Crippen molar-refractivity contribution >= 4 is 5.97 Å². The summed E-state index contributed by atoms with van der Waals surface area (Å²) >= 11 is 0. The number of likely N-dealkylation sites (tertiary alicyclic amines) is 1. The van der Waals surface area contributed by atoms with Crippen LogP contribution in [-0.2, 0) is 9.53 Å². The van der Waals surface area contributed by atoms with E-state index in [1.807, 2.05) is 6.92 Å². The third kappa shape index (κ3) is 1.64. The van der Waals surface area contributed by atoms with Crippen LogP contribution >= 0.6 is 0 Å². The van der Waals surface area contributed by atoms with Crippen LogP contribution in [0.3, 0.4) is 0 Å². The Morgan fingerprint density at radius 2 is 2.07 bits per heavy atom. The second-order valence-corrected chi connectivity index (χ2v) is 4.27. The molecule has 0 radical (unpaired) electrons. The van der Waals surface area contributed by atoms with E-state index in [0.717, 1.165) is 26.3 Å². The first-order valence-electron chi connectivity index (χ1n) is 5.27. The van der Waals surface area contributed by atoms with Gasteiger partial charge in [0.1, 0.15) is 6.04 Å². The van der Waals surface area contributed by atoms with E-state index in [0.29, 0.717) is 18.3 Å². The average Bonchev–Trinajstić information content (AvgIpc) is 2.63. The molecule has 0 spiro atoms. The molecule has 2 aliphatic heterocycles. The summed E-state index contributed by atoms with van der Waals surface area (Å²) in [7, 11) is 0. The van der Waals surface area contributed by atoms with Crippen molar-refractivity contribution in [2.24, 2.45) is 11.8 Å². The summed E-state index contributed by atoms with van der Waals surface area (Å²) < 4.78 is 5.36. The first kappa shape index (κ1) is 9.93. The predicted octanol–water partition coefficient (Wildman–Crippen LogP) is 0.428. The largest absolute Gasteiger partial charge is 0.480 e. The van der Waals surface area contributed by atoms with E-state index in [2.05, 4.69) is 4.90 Å². The maximum absolute atomic E-state index is 11.0. The lowest BCUT2D eigenvalue weighted by Crippen LogP contribution is -2.40. The molecule has 0 unspecified atom stereocenters. The molecule has 0 aromatic carbocycles. The van der Waals surface area contributed by atoms with Gasteiger partial charge in [-0.3, -0.25) is 9.69 Å². The van der Waals surface area contributed by atoms with E-state index in [-0.39, 0.29) is 6.04 Å². The number of rotatable bonds is 3. The highest BCUT2D eigenvalue weighted by molar-refractivity contribution is 5.73. The number of hydrogen-bond donors (Lipinski definition) is 1. The molecule has 0 amide bonds. The molecule has 2 saturated heterocycles. The summed E-state index contributed by atoms with van der Waals surface area (Å²) in [6.07, 6.45) is 0.690. The standard InChI is InChI=1S/C10H17NO3/c1-2-9(10(12)13)11-3-7-5-14-6-8(7)4-11/h7-9H,2-6H2,1H3,(H,12,13)/t7-,8-,9-/m1/s1. The molecule has 14 heavy (non-hydrogen) atoms. The van der Waals surface area contributed by atoms with E-state index in [1.54, 1.807) is 0 Å². The van der Waals surface area contributed by atoms with E-state index >= 15 is 0 Å². The number of carbonyl (C=O) groups is 1. The summed E-state index contributed by atoms with van der Waals surface area (Å²) in [6.45, 7) is 5.36. The summed E-state index contributed by atoms with van der Waals surface area (Å²) in [5.74, 6) is 0.459. The average molecular weight is 199 g/mol. The molecule has 2 fully saturated rings. The quantitative estimate of drug-likeness (QED) is 0.716. The second kappa shape index (κ2) is 3.87. The zero-order valence-electron chi connectivity index (χ0n) is 8.48. The third-order valence-electron chi connectivity index (χ3n) is 3.38. The van der Waals surface area contributed by atoms with E-state index < -0.39 is 5.97 Å². The molecule has 0 aliphatic carbocycles. The maximum Gasteiger partial charge on any atom is 0.320 e. The minimum atomic E-state index is -0.687. The van der Waals surface area contributed by atoms with Crippen LogP contribution in [0.5, 0.6) is 0 Å². The van der Waals surface area contributed by atoms with Crippen LogP contribution in [0, 0.1) is 11.8 Å². The van der Waals surface area contributed by atoms with Crippen LogP contribution in [0.4, 0.5) is 0 Å². The van der Waals surface area contributed by atoms with Crippen LogP contribution < -0.4 is 0 Å². The number of fused-ring (bicyclic) bond motifs is 1. The summed E-state index contributed by atoms with van der Waals surface area (Å²) in [6, 6.07) is -0.291. The van der Waals surface area contributed by atoms with E-state index in [9.17, 15) is 4.79 Å². The summed E-state index contributed by atoms with van der Waals surface area (Å²) in [5.41, 5.74) is 0. The number of carboxylic acid groups (broad SMARTS) is 1. The minimum absolute atomic E-state index is 0.291. The van der Waals surface area contributed by atoms with Crippen LogP contribution in [-0.4, -0.2) is 48.3 Å². The molecular weight excluding hydrogens is 182 g/mol. The highest BCUT2D eigenvalue weighted by Gasteiger charge is 2.40. The highest BCUT2D eigenvalue weighted by Crippen LogP contribution is 2.30. The molecule has 0 bridgehead atoms. The smallest absolute Gasteiger partial charge is 0.320 e. The molecular formula is C10H17NO3. The van der Waals surface area contributed by atoms with Crippen molar-refractivity contribution in [3.8, 4) is 0 Å². The van der Waals surface area contributed by atoms with Gasteiger partial charge in [-0.25, -0.2) is 0 Å². The van der Waals surface area contributed by atoms with Crippen molar-refractivity contribution in [1.29, 1.82) is 0 Å². The molecule has 2 rings (SSSR count). The van der Waals surface area contributed by atoms with Gasteiger partial charge < -0.3 is 9.84 Å². The Morgan fingerprint density at radius 1 is 1.50 bits per heavy atom. The monoisotopic (exact) mass is 199 g/mol. The molecule has 0 aromatic rings. The normalized spacial score (nSPS) is 34.4. The second-order valence-electron chi connectivity index (χ2n) is 4.27. The van der Waals surface area contributed by atoms with Crippen molar-refractivity contribution in [2.75, 3.05) is 26.3 Å². The van der Waals surface area contributed by atoms with Crippen LogP contribution in [0.2, 0.25) is 0 Å². The molecule has 0 saturated carbocycles. The van der Waals surface area contributed by atoms with E-state index in [1.165, 1.54) is 0 Å². The molecule has 1 N–H and O–H groups in total. The number of aliphatic carboxylic acids is 1. The molecule has 0 aromatic heterocycles. The van der Waals surface area contributed by atoms with Crippen molar-refractivity contribution in [3.63, 3.8) is 0 Å². The number of hydrogen-bond acceptors (Lipinski definition) is 3. The van der Waals surface area contributed by atoms with Gasteiger partial charge in [0.2, 0.25) is 0 Å². The first-order chi connectivity index (χ1) is 6.72. The Balaban J connectivity index is 1.97. The van der Waals surface area contributed by atoms with Gasteiger partial charge in [0, 0.05) is 24.9 Å². The van der Waals surface area contributed by atoms with Crippen molar-refractivity contribution in [1.82, 2.24) is 4.90 Å². The molecule has 2 aliphatic rings. The third-order valence-corrected chi connectivity index (χ3v) is 3.38. The zero-order chi connectivity index (χ0) is 10.1. The van der Waals surface area contributed by atoms with Gasteiger partial charge in [-0.05, 0) is 6.42 Å². The summed E-state index contributed by atoms with van der Waals surface area (Å²) in [4.78, 5) is 13.1. The number of carboxylic acids is 1. The zero-order valence-corrected chi connectivity index (χ0v) is 8.48. The fraction of sp³-hybridized carbons (Fsp3) is 0.900. The fourth-order valence-electron chi connectivity index (χ4n) is 2.57. The van der Waals surface area contributed by atoms with Crippen LogP contribution in [0.1, 0.15) is 13.3 Å². The molecule has 3 atom stereocenters. The Hall–Kier alpha value is -0.610. The Bertz CT molecular complexity index is 219. The van der Waals surface area contributed by atoms with Crippen LogP contribution in [0.15, 0.2) is 0 Å². The van der Waals surface area contributed by atoms with Gasteiger partial charge in [0.15, 0.2) is 0 Å². The number of ether oxygens (including phenoxy) is 1. The molecule has 2 heterocycles. The van der Waals surface area contributed by atoms with Crippen molar-refractivity contribution in [2.45, 2.75) is 19.4 Å². The van der Waals surface area contributed by atoms with Crippen molar-refractivity contribution < 1.29 is 14.6 Å². The Kier molecular flexibility index (Phi) is 2.74. The molecule has 4 nitrogen and oxygen atoms in total. The van der Waals surface area contributed by atoms with Crippen molar-refractivity contribution in [3.05, 3.63) is 0 Å². The molecule has 4 heteroatoms. The Labute approximate surface area is 83.8 Å². The van der Waals surface area contributed by atoms with Gasteiger partial charge in [0.25, 0.3) is 0 Å². The Morgan fingerprint density at radius 3 is 2.50 bits per heavy atom. The highest BCUT2D eigenvalue weighted by atomic mass is 16.5. The van der Waals surface area contributed by atoms with Gasteiger partial charge in [-0.1, -0.05) is 6.92 Å². The van der Waals surface area contributed by atoms with Crippen LogP contribution in [0.25, 0.3) is 0 Å². The minimum Gasteiger partial charge on any atom is -0.480 e. The SMILES string of the molecule is CC[C@H](C(=O)O)N1C[C@@H]2COC[C@H]2C1. The fourth-order valence-corrected chi connectivity index (χ4v) is 2.57. The predicted molar refractivity (Wildman–Crippen MR) is 51.1 cm³/mol. The van der Waals surface area contributed by atoms with Gasteiger partial charge in [-0.15, -0.1) is 0 Å². The lowest BCUT2D eigenvalue weighted by molar-refractivity contribution is -0.143. The molecule has 80 valence electrons. The van der Waals surface area contributed by atoms with Gasteiger partial charge in [-0.2, -0.15) is 0 Å². The maximum atomic E-state index is 11.0. The lowest BCUT2D eigenvalue weighted by Gasteiger charge is -2.23. The van der Waals surface area contributed by atoms with E-state index in [4.69, 9.17) is 9.84 Å². The van der Waals surface area contributed by atoms with Gasteiger partial charge >= 0.3 is 5.97 Å². The first-order valence-corrected chi connectivity index (χ1v) is 5.27. The number of nitrogens with zero attached hydrogens (tertiary/aromatic N) is 1. The lowest BCUT2D eigenvalue weighted by atomic mass is 10.0. The summed E-state index contributed by atoms with van der Waals surface area (Å²) in [5, 5.41) is 9.02.